The molecule has 0 N–H and O–H groups in total. The summed E-state index contributed by atoms with van der Waals surface area (Å²) in [7, 11) is 23.7. The van der Waals surface area contributed by atoms with E-state index in [-0.39, 0.29) is 17.0 Å². The molecule has 0 spiro atoms. The highest BCUT2D eigenvalue weighted by Gasteiger charge is 2.15. The fourth-order valence-electron chi connectivity index (χ4n) is 6.03. The third-order valence-electron chi connectivity index (χ3n) is 8.96. The maximum atomic E-state index is 2.45. The Labute approximate surface area is 272 Å². The lowest BCUT2D eigenvalue weighted by Crippen LogP contribution is -3.00. The first-order chi connectivity index (χ1) is 18.6. The van der Waals surface area contributed by atoms with Gasteiger partial charge in [0.15, 0.2) is 0 Å². The highest BCUT2D eigenvalue weighted by molar-refractivity contribution is 4.50. The van der Waals surface area contributed by atoms with Gasteiger partial charge in [0.05, 0.1) is 110 Å². The summed E-state index contributed by atoms with van der Waals surface area (Å²) in [6.07, 6.45) is 28.6. The second kappa shape index (κ2) is 24.6. The first kappa shape index (κ1) is 43.4. The summed E-state index contributed by atoms with van der Waals surface area (Å²) >= 11 is 0. The van der Waals surface area contributed by atoms with Crippen molar-refractivity contribution in [3.63, 3.8) is 0 Å². The van der Waals surface area contributed by atoms with Crippen molar-refractivity contribution < 1.29 is 34.9 Å². The minimum Gasteiger partial charge on any atom is -1.00 e. The van der Waals surface area contributed by atoms with Gasteiger partial charge in [-0.3, -0.25) is 0 Å². The molecule has 0 aromatic carbocycles. The van der Waals surface area contributed by atoms with E-state index in [2.05, 4.69) is 70.5 Å². The van der Waals surface area contributed by atoms with Crippen LogP contribution >= 0.6 is 0 Å². The number of unbranched alkanes of at least 4 members (excludes halogenated alkanes) is 17. The maximum Gasteiger partial charge on any atom is 0.0782 e. The van der Waals surface area contributed by atoms with Crippen molar-refractivity contribution in [2.75, 3.05) is 110 Å². The predicted molar refractivity (Wildman–Crippen MR) is 182 cm³/mol. The van der Waals surface area contributed by atoms with Crippen LogP contribution in [0.4, 0.5) is 0 Å². The fourth-order valence-corrected chi connectivity index (χ4v) is 6.03. The van der Waals surface area contributed by atoms with Crippen LogP contribution in [-0.2, 0) is 0 Å². The molecule has 0 bridgehead atoms. The highest BCUT2D eigenvalue weighted by Crippen LogP contribution is 2.14. The Morgan fingerprint density at radius 2 is 0.366 bits per heavy atom. The zero-order chi connectivity index (χ0) is 30.4. The highest BCUT2D eigenvalue weighted by atomic mass is 79.9. The molecule has 0 heterocycles. The molecule has 0 radical (unpaired) electrons. The van der Waals surface area contributed by atoms with Crippen molar-refractivity contribution >= 4 is 0 Å². The van der Waals surface area contributed by atoms with Crippen LogP contribution < -0.4 is 17.0 Å². The van der Waals surface area contributed by atoms with Gasteiger partial charge in [-0.2, -0.15) is 0 Å². The Balaban J connectivity index is 0. The molecular weight excluding hydrogens is 568 g/mol. The molecule has 0 aliphatic heterocycles. The van der Waals surface area contributed by atoms with E-state index in [1.807, 2.05) is 0 Å². The molecule has 0 saturated heterocycles. The molecule has 0 aliphatic rings. The van der Waals surface area contributed by atoms with Gasteiger partial charge in [-0.15, -0.1) is 0 Å². The SMILES string of the molecule is C[N+](C)(C)CCCCCCCC[N+](C)(C)CCCCCCCCCC[N+](C)(C)CCCCCCCC[N+](C)(C)C.[Br-]. The standard InChI is InChI=1S/C36H82N4.BrH/c1-37(2,3)31-25-19-15-17-23-29-35-39(7,8)33-27-21-13-11-12-14-22-28-34-40(9,10)36-30-24-18-16-20-26-32-38(4,5)6;/h11-36H2,1-10H3;1H/q+4;/p-1. The lowest BCUT2D eigenvalue weighted by atomic mass is 10.1. The van der Waals surface area contributed by atoms with Gasteiger partial charge in [-0.25, -0.2) is 0 Å². The van der Waals surface area contributed by atoms with Crippen molar-refractivity contribution in [2.24, 2.45) is 0 Å². The summed E-state index contributed by atoms with van der Waals surface area (Å²) in [5.74, 6) is 0. The molecule has 0 aliphatic carbocycles. The Hall–Kier alpha value is 0.320. The van der Waals surface area contributed by atoms with Gasteiger partial charge in [0.25, 0.3) is 0 Å². The first-order valence-electron chi connectivity index (χ1n) is 17.9. The largest absolute Gasteiger partial charge is 1.00 e. The number of quaternary nitrogens is 4. The van der Waals surface area contributed by atoms with Crippen LogP contribution in [0.25, 0.3) is 0 Å². The number of rotatable bonds is 29. The molecule has 5 heteroatoms. The molecule has 0 atom stereocenters. The third-order valence-corrected chi connectivity index (χ3v) is 8.96. The Morgan fingerprint density at radius 1 is 0.220 bits per heavy atom. The second-order valence-electron chi connectivity index (χ2n) is 16.9. The molecule has 0 amide bonds. The first-order valence-corrected chi connectivity index (χ1v) is 17.9. The summed E-state index contributed by atoms with van der Waals surface area (Å²) in [4.78, 5) is 0. The van der Waals surface area contributed by atoms with E-state index >= 15 is 0 Å². The smallest absolute Gasteiger partial charge is 0.0782 e. The Bertz CT molecular complexity index is 513. The van der Waals surface area contributed by atoms with Gasteiger partial charge in [0.1, 0.15) is 0 Å². The average molecular weight is 651 g/mol. The van der Waals surface area contributed by atoms with E-state index in [0.29, 0.717) is 0 Å². The van der Waals surface area contributed by atoms with Crippen LogP contribution in [0.15, 0.2) is 0 Å². The molecule has 250 valence electrons. The number of hydrogen-bond donors (Lipinski definition) is 0. The average Bonchev–Trinajstić information content (AvgIpc) is 2.82. The van der Waals surface area contributed by atoms with Crippen molar-refractivity contribution in [3.8, 4) is 0 Å². The van der Waals surface area contributed by atoms with Gasteiger partial charge in [-0.1, -0.05) is 51.4 Å². The van der Waals surface area contributed by atoms with Crippen molar-refractivity contribution in [3.05, 3.63) is 0 Å². The fraction of sp³-hybridized carbons (Fsp3) is 1.00. The summed E-state index contributed by atoms with van der Waals surface area (Å²) in [6.45, 7) is 8.11. The normalized spacial score (nSPS) is 13.0. The van der Waals surface area contributed by atoms with Gasteiger partial charge in [0, 0.05) is 0 Å². The summed E-state index contributed by atoms with van der Waals surface area (Å²) in [5.41, 5.74) is 0. The van der Waals surface area contributed by atoms with E-state index in [1.165, 1.54) is 177 Å². The number of nitrogens with zero attached hydrogens (tertiary/aromatic N) is 4. The molecule has 0 unspecified atom stereocenters. The van der Waals surface area contributed by atoms with Crippen LogP contribution in [-0.4, -0.2) is 128 Å². The van der Waals surface area contributed by atoms with Crippen LogP contribution in [0, 0.1) is 0 Å². The summed E-state index contributed by atoms with van der Waals surface area (Å²) in [5, 5.41) is 0. The van der Waals surface area contributed by atoms with Crippen LogP contribution in [0.3, 0.4) is 0 Å². The molecular formula is C36H82BrN4+3. The lowest BCUT2D eigenvalue weighted by molar-refractivity contribution is -0.890. The van der Waals surface area contributed by atoms with E-state index in [9.17, 15) is 0 Å². The van der Waals surface area contributed by atoms with E-state index in [1.54, 1.807) is 0 Å². The zero-order valence-corrected chi connectivity index (χ0v) is 32.1. The van der Waals surface area contributed by atoms with Gasteiger partial charge in [0.2, 0.25) is 0 Å². The monoisotopic (exact) mass is 650 g/mol. The topological polar surface area (TPSA) is 0 Å². The van der Waals surface area contributed by atoms with Crippen LogP contribution in [0.1, 0.15) is 128 Å². The summed E-state index contributed by atoms with van der Waals surface area (Å²) in [6, 6.07) is 0. The maximum absolute atomic E-state index is 2.45. The number of halogens is 1. The van der Waals surface area contributed by atoms with Crippen LogP contribution in [0.2, 0.25) is 0 Å². The van der Waals surface area contributed by atoms with Crippen LogP contribution in [0.5, 0.6) is 0 Å². The quantitative estimate of drug-likeness (QED) is 0.0756. The van der Waals surface area contributed by atoms with Gasteiger partial charge >= 0.3 is 0 Å². The van der Waals surface area contributed by atoms with Crippen molar-refractivity contribution in [1.29, 1.82) is 0 Å². The minimum absolute atomic E-state index is 0. The van der Waals surface area contributed by atoms with E-state index in [4.69, 9.17) is 0 Å². The molecule has 0 fully saturated rings. The number of hydrogen-bond acceptors (Lipinski definition) is 0. The minimum atomic E-state index is 0. The lowest BCUT2D eigenvalue weighted by Gasteiger charge is -2.30. The molecule has 0 rings (SSSR count). The molecule has 4 nitrogen and oxygen atoms in total. The van der Waals surface area contributed by atoms with Gasteiger partial charge in [-0.05, 0) is 77.0 Å². The van der Waals surface area contributed by atoms with Gasteiger partial charge < -0.3 is 34.9 Å². The Kier molecular flexibility index (Phi) is 26.1. The Morgan fingerprint density at radius 3 is 0.537 bits per heavy atom. The molecule has 0 aromatic rings. The molecule has 0 saturated carbocycles. The second-order valence-corrected chi connectivity index (χ2v) is 16.9. The zero-order valence-electron chi connectivity index (χ0n) is 30.6. The van der Waals surface area contributed by atoms with Crippen molar-refractivity contribution in [2.45, 2.75) is 128 Å². The van der Waals surface area contributed by atoms with E-state index in [0.717, 1.165) is 8.97 Å². The molecule has 41 heavy (non-hydrogen) atoms. The van der Waals surface area contributed by atoms with Crippen molar-refractivity contribution in [1.82, 2.24) is 0 Å². The molecule has 0 aromatic heterocycles. The van der Waals surface area contributed by atoms with E-state index < -0.39 is 0 Å². The summed E-state index contributed by atoms with van der Waals surface area (Å²) < 4.78 is 4.68. The predicted octanol–water partition coefficient (Wildman–Crippen LogP) is 5.36. The third kappa shape index (κ3) is 34.7.